The van der Waals surface area contributed by atoms with Crippen LogP contribution in [0.1, 0.15) is 61.5 Å². The summed E-state index contributed by atoms with van der Waals surface area (Å²) in [5.41, 5.74) is 1.72. The van der Waals surface area contributed by atoms with E-state index in [1.165, 1.54) is 6.07 Å². The number of nitrogens with zero attached hydrogens (tertiary/aromatic N) is 5. The molecule has 1 unspecified atom stereocenters. The molecule has 0 radical (unpaired) electrons. The van der Waals surface area contributed by atoms with Gasteiger partial charge in [0, 0.05) is 109 Å². The third-order valence-corrected chi connectivity index (χ3v) is 14.4. The standard InChI is InChI=1S/C57H71F3N10O12/c1-66-16-22-69(23-17-66)47-9-8-41(35-46(47)64-53(74)43-37-63-51(73)36-44(43)57(58,59)60)40-5-2-4-39(34-40)38-68-20-18-67(19-21-68)15-13-62-49(71)12-24-78-26-28-80-30-32-82-33-31-81-29-27-79-25-14-61-45-7-3-6-42-52(45)56(77)70(55(42)76)48-10-11-50(72)65-54(48)75/h2-9,34-37,48,61H,10-33,38H2,1H3,(H,62,71)(H,63,73)(H,64,74)(H,65,72,75). The number of fused-ring (bicyclic) bond motifs is 1. The van der Waals surface area contributed by atoms with Crippen LogP contribution in [0.3, 0.4) is 0 Å². The van der Waals surface area contributed by atoms with Gasteiger partial charge in [-0.1, -0.05) is 30.3 Å². The van der Waals surface area contributed by atoms with Gasteiger partial charge in [0.25, 0.3) is 17.7 Å². The number of halogens is 3. The van der Waals surface area contributed by atoms with Crippen LogP contribution in [0.25, 0.3) is 11.1 Å². The van der Waals surface area contributed by atoms with Crippen LogP contribution in [0, 0.1) is 0 Å². The summed E-state index contributed by atoms with van der Waals surface area (Å²) in [5.74, 6) is -3.30. The number of anilines is 3. The Morgan fingerprint density at radius 2 is 1.33 bits per heavy atom. The molecule has 5 heterocycles. The first kappa shape index (κ1) is 61.0. The van der Waals surface area contributed by atoms with E-state index in [1.807, 2.05) is 31.3 Å². The maximum Gasteiger partial charge on any atom is 0.417 e. The number of amides is 6. The zero-order valence-electron chi connectivity index (χ0n) is 46.0. The van der Waals surface area contributed by atoms with Gasteiger partial charge in [0.05, 0.1) is 99.7 Å². The Morgan fingerprint density at radius 1 is 0.683 bits per heavy atom. The molecule has 0 bridgehead atoms. The number of aromatic nitrogens is 1. The van der Waals surface area contributed by atoms with Crippen molar-refractivity contribution in [2.45, 2.75) is 38.0 Å². The molecule has 0 saturated carbocycles. The number of nitrogens with one attached hydrogen (secondary N) is 5. The molecular weight excluding hydrogens is 1070 g/mol. The first-order chi connectivity index (χ1) is 39.6. The lowest BCUT2D eigenvalue weighted by Gasteiger charge is -2.35. The Balaban J connectivity index is 0.631. The molecule has 3 aromatic carbocycles. The smallest absolute Gasteiger partial charge is 0.382 e. The van der Waals surface area contributed by atoms with E-state index in [-0.39, 0.29) is 42.9 Å². The summed E-state index contributed by atoms with van der Waals surface area (Å²) in [7, 11) is 2.02. The number of pyridine rings is 1. The van der Waals surface area contributed by atoms with Gasteiger partial charge in [-0.2, -0.15) is 13.2 Å². The second kappa shape index (κ2) is 29.7. The molecule has 1 atom stereocenters. The van der Waals surface area contributed by atoms with Crippen molar-refractivity contribution in [2.24, 2.45) is 0 Å². The summed E-state index contributed by atoms with van der Waals surface area (Å²) in [6.07, 6.45) is -3.73. The molecule has 0 aliphatic carbocycles. The maximum atomic E-state index is 13.9. The summed E-state index contributed by atoms with van der Waals surface area (Å²) >= 11 is 0. The van der Waals surface area contributed by atoms with Crippen LogP contribution in [-0.4, -0.2) is 211 Å². The third-order valence-electron chi connectivity index (χ3n) is 14.4. The van der Waals surface area contributed by atoms with Gasteiger partial charge in [-0.15, -0.1) is 0 Å². The van der Waals surface area contributed by atoms with E-state index < -0.39 is 58.4 Å². The predicted molar refractivity (Wildman–Crippen MR) is 297 cm³/mol. The molecule has 6 amide bonds. The van der Waals surface area contributed by atoms with Gasteiger partial charge in [0.2, 0.25) is 23.3 Å². The average Bonchev–Trinajstić information content (AvgIpc) is 3.63. The molecule has 3 saturated heterocycles. The number of hydrogen-bond acceptors (Lipinski definition) is 17. The van der Waals surface area contributed by atoms with Crippen LogP contribution in [-0.2, 0) is 50.8 Å². The molecule has 4 aliphatic rings. The van der Waals surface area contributed by atoms with E-state index in [1.54, 1.807) is 18.2 Å². The van der Waals surface area contributed by atoms with Crippen LogP contribution < -0.4 is 31.7 Å². The number of H-pyrrole nitrogens is 1. The minimum Gasteiger partial charge on any atom is -0.382 e. The lowest BCUT2D eigenvalue weighted by Crippen LogP contribution is -2.54. The van der Waals surface area contributed by atoms with E-state index in [9.17, 15) is 46.7 Å². The number of hydrogen-bond donors (Lipinski definition) is 5. The first-order valence-corrected chi connectivity index (χ1v) is 27.6. The highest BCUT2D eigenvalue weighted by Crippen LogP contribution is 2.36. The molecule has 82 heavy (non-hydrogen) atoms. The Labute approximate surface area is 472 Å². The Kier molecular flexibility index (Phi) is 22.1. The summed E-state index contributed by atoms with van der Waals surface area (Å²) in [6, 6.07) is 17.9. The fourth-order valence-electron chi connectivity index (χ4n) is 10.0. The monoisotopic (exact) mass is 1140 g/mol. The van der Waals surface area contributed by atoms with Crippen LogP contribution >= 0.6 is 0 Å². The summed E-state index contributed by atoms with van der Waals surface area (Å²) in [4.78, 5) is 100. The van der Waals surface area contributed by atoms with Crippen LogP contribution in [0.4, 0.5) is 30.2 Å². The lowest BCUT2D eigenvalue weighted by molar-refractivity contribution is -0.138. The molecule has 442 valence electrons. The van der Waals surface area contributed by atoms with Crippen molar-refractivity contribution in [2.75, 3.05) is 161 Å². The normalized spacial score (nSPS) is 17.3. The minimum atomic E-state index is -4.91. The average molecular weight is 1150 g/mol. The molecule has 22 nitrogen and oxygen atoms in total. The largest absolute Gasteiger partial charge is 0.417 e. The number of ether oxygens (including phenoxy) is 5. The lowest BCUT2D eigenvalue weighted by atomic mass is 10.0. The second-order valence-corrected chi connectivity index (χ2v) is 20.2. The van der Waals surface area contributed by atoms with Crippen molar-refractivity contribution in [1.29, 1.82) is 0 Å². The van der Waals surface area contributed by atoms with Gasteiger partial charge < -0.3 is 54.4 Å². The molecule has 25 heteroatoms. The zero-order valence-corrected chi connectivity index (χ0v) is 46.0. The Hall–Kier alpha value is -7.10. The van der Waals surface area contributed by atoms with Crippen LogP contribution in [0.5, 0.6) is 0 Å². The Bertz CT molecular complexity index is 2930. The number of likely N-dealkylation sites (N-methyl/N-ethyl adjacent to an activating group) is 1. The number of carbonyl (C=O) groups is 6. The highest BCUT2D eigenvalue weighted by molar-refractivity contribution is 6.25. The quantitative estimate of drug-likeness (QED) is 0.0387. The summed E-state index contributed by atoms with van der Waals surface area (Å²) in [6.45, 7) is 12.0. The number of carbonyl (C=O) groups excluding carboxylic acids is 6. The molecule has 0 spiro atoms. The number of piperazine rings is 2. The van der Waals surface area contributed by atoms with E-state index in [4.69, 9.17) is 23.7 Å². The number of benzene rings is 3. The SMILES string of the molecule is CN1CCN(c2ccc(-c3cccc(CN4CCN(CCNC(=O)CCOCCOCCOCCOCCOCCNc5cccc6c5C(=O)N(C5CCC(=O)NC5=O)C6=O)CC4)c3)cc2NC(=O)c2c[nH]c(=O)cc2C(F)(F)F)CC1. The molecule has 4 aromatic rings. The van der Waals surface area contributed by atoms with E-state index in [0.717, 1.165) is 73.6 Å². The van der Waals surface area contributed by atoms with E-state index in [0.29, 0.717) is 115 Å². The topological polar surface area (TPSA) is 246 Å². The van der Waals surface area contributed by atoms with Gasteiger partial charge in [0.1, 0.15) is 6.04 Å². The Morgan fingerprint density at radius 3 is 2.01 bits per heavy atom. The summed E-state index contributed by atoms with van der Waals surface area (Å²) in [5, 5.41) is 11.0. The van der Waals surface area contributed by atoms with Crippen molar-refractivity contribution in [3.05, 3.63) is 111 Å². The molecule has 3 fully saturated rings. The predicted octanol–water partition coefficient (Wildman–Crippen LogP) is 3.29. The second-order valence-electron chi connectivity index (χ2n) is 20.2. The first-order valence-electron chi connectivity index (χ1n) is 27.6. The van der Waals surface area contributed by atoms with Crippen LogP contribution in [0.15, 0.2) is 77.7 Å². The van der Waals surface area contributed by atoms with Crippen molar-refractivity contribution in [3.63, 3.8) is 0 Å². The highest BCUT2D eigenvalue weighted by Gasteiger charge is 2.45. The number of aromatic amines is 1. The van der Waals surface area contributed by atoms with Gasteiger partial charge >= 0.3 is 6.18 Å². The van der Waals surface area contributed by atoms with Crippen molar-refractivity contribution >= 4 is 52.5 Å². The van der Waals surface area contributed by atoms with E-state index in [2.05, 4.69) is 58.0 Å². The zero-order chi connectivity index (χ0) is 58.0. The molecule has 1 aromatic heterocycles. The fraction of sp³-hybridized carbons (Fsp3) is 0.491. The fourth-order valence-corrected chi connectivity index (χ4v) is 10.0. The third kappa shape index (κ3) is 17.0. The number of rotatable bonds is 29. The minimum absolute atomic E-state index is 0.0471. The van der Waals surface area contributed by atoms with Gasteiger partial charge in [-0.3, -0.25) is 53.6 Å². The van der Waals surface area contributed by atoms with Gasteiger partial charge in [-0.25, -0.2) is 0 Å². The van der Waals surface area contributed by atoms with Crippen molar-refractivity contribution in [1.82, 2.24) is 35.2 Å². The number of piperidine rings is 1. The number of imide groups is 2. The van der Waals surface area contributed by atoms with Crippen LogP contribution in [0.2, 0.25) is 0 Å². The summed E-state index contributed by atoms with van der Waals surface area (Å²) < 4.78 is 69.6. The molecule has 8 rings (SSSR count). The molecular formula is C57H71F3N10O12. The van der Waals surface area contributed by atoms with Crippen molar-refractivity contribution < 1.29 is 65.6 Å². The molecule has 4 aliphatic heterocycles. The van der Waals surface area contributed by atoms with Gasteiger partial charge in [-0.05, 0) is 60.5 Å². The molecule has 5 N–H and O–H groups in total. The highest BCUT2D eigenvalue weighted by atomic mass is 19.4. The number of alkyl halides is 3. The van der Waals surface area contributed by atoms with Crippen molar-refractivity contribution in [3.8, 4) is 11.1 Å². The van der Waals surface area contributed by atoms with Gasteiger partial charge in [0.15, 0.2) is 0 Å². The van der Waals surface area contributed by atoms with E-state index >= 15 is 0 Å². The maximum absolute atomic E-state index is 13.9.